The summed E-state index contributed by atoms with van der Waals surface area (Å²) in [7, 11) is 1.76. The van der Waals surface area contributed by atoms with Crippen LogP contribution in [0.15, 0.2) is 22.8 Å². The first-order chi connectivity index (χ1) is 11.2. The van der Waals surface area contributed by atoms with Crippen LogP contribution in [0.3, 0.4) is 0 Å². The molecule has 1 aromatic carbocycles. The molecule has 3 rings (SSSR count). The fraction of sp³-hybridized carbons (Fsp3) is 0.562. The van der Waals surface area contributed by atoms with Gasteiger partial charge in [-0.05, 0) is 47.3 Å². The van der Waals surface area contributed by atoms with Gasteiger partial charge in [-0.3, -0.25) is 4.79 Å². The molecule has 1 saturated heterocycles. The number of carbonyl (C=O) groups is 1. The summed E-state index contributed by atoms with van der Waals surface area (Å²) in [4.78, 5) is 13.8. The van der Waals surface area contributed by atoms with Crippen molar-refractivity contribution in [2.45, 2.75) is 31.9 Å². The van der Waals surface area contributed by atoms with Crippen molar-refractivity contribution in [3.8, 4) is 0 Å². The highest BCUT2D eigenvalue weighted by atomic mass is 16.6. The Morgan fingerprint density at radius 1 is 1.35 bits per heavy atom. The predicted octanol–water partition coefficient (Wildman–Crippen LogP) is 1.77. The van der Waals surface area contributed by atoms with E-state index >= 15 is 0 Å². The number of aromatic nitrogens is 2. The lowest BCUT2D eigenvalue weighted by Gasteiger charge is -2.23. The zero-order valence-corrected chi connectivity index (χ0v) is 13.2. The van der Waals surface area contributed by atoms with Crippen molar-refractivity contribution in [1.29, 1.82) is 0 Å². The summed E-state index contributed by atoms with van der Waals surface area (Å²) < 4.78 is 15.7. The van der Waals surface area contributed by atoms with Gasteiger partial charge in [-0.1, -0.05) is 6.07 Å². The number of rotatable bonds is 6. The van der Waals surface area contributed by atoms with Crippen LogP contribution < -0.4 is 0 Å². The maximum Gasteiger partial charge on any atom is 0.248 e. The summed E-state index contributed by atoms with van der Waals surface area (Å²) in [6.07, 6.45) is 3.42. The topological polar surface area (TPSA) is 77.7 Å². The van der Waals surface area contributed by atoms with Gasteiger partial charge in [-0.2, -0.15) is 0 Å². The highest BCUT2D eigenvalue weighted by Crippen LogP contribution is 2.14. The number of benzene rings is 1. The molecule has 0 unspecified atom stereocenters. The van der Waals surface area contributed by atoms with Crippen molar-refractivity contribution in [1.82, 2.24) is 15.2 Å². The Morgan fingerprint density at radius 2 is 2.22 bits per heavy atom. The lowest BCUT2D eigenvalue weighted by Crippen LogP contribution is -2.32. The molecule has 2 aromatic rings. The summed E-state index contributed by atoms with van der Waals surface area (Å²) in [5.41, 5.74) is 2.37. The van der Waals surface area contributed by atoms with Crippen molar-refractivity contribution in [3.05, 3.63) is 23.8 Å². The molecule has 0 bridgehead atoms. The SMILES string of the molecule is CN(Cc1ccc2nonc2c1)C(=O)COC[C@H]1CCCCO1. The van der Waals surface area contributed by atoms with Crippen molar-refractivity contribution in [2.75, 3.05) is 26.9 Å². The average molecular weight is 319 g/mol. The molecule has 7 nitrogen and oxygen atoms in total. The molecule has 1 atom stereocenters. The first kappa shape index (κ1) is 15.9. The van der Waals surface area contributed by atoms with Crippen LogP contribution in [-0.2, 0) is 20.8 Å². The number of fused-ring (bicyclic) bond motifs is 1. The lowest BCUT2D eigenvalue weighted by molar-refractivity contribution is -0.137. The average Bonchev–Trinajstić information content (AvgIpc) is 3.03. The smallest absolute Gasteiger partial charge is 0.248 e. The van der Waals surface area contributed by atoms with Crippen molar-refractivity contribution in [3.63, 3.8) is 0 Å². The van der Waals surface area contributed by atoms with E-state index in [1.165, 1.54) is 6.42 Å². The second-order valence-electron chi connectivity index (χ2n) is 5.84. The molecular weight excluding hydrogens is 298 g/mol. The van der Waals surface area contributed by atoms with Gasteiger partial charge in [0.05, 0.1) is 12.7 Å². The molecule has 124 valence electrons. The van der Waals surface area contributed by atoms with E-state index in [0.29, 0.717) is 24.2 Å². The molecule has 1 aliphatic rings. The molecule has 0 N–H and O–H groups in total. The van der Waals surface area contributed by atoms with Crippen molar-refractivity contribution < 1.29 is 18.9 Å². The van der Waals surface area contributed by atoms with Gasteiger partial charge < -0.3 is 14.4 Å². The molecule has 1 aliphatic heterocycles. The zero-order chi connectivity index (χ0) is 16.1. The monoisotopic (exact) mass is 319 g/mol. The standard InChI is InChI=1S/C16H21N3O4/c1-19(9-12-5-6-14-15(8-12)18-23-17-14)16(20)11-21-10-13-4-2-3-7-22-13/h5-6,8,13H,2-4,7,9-11H2,1H3/t13-/m1/s1. The van der Waals surface area contributed by atoms with E-state index in [9.17, 15) is 4.79 Å². The third-order valence-corrected chi connectivity index (χ3v) is 3.97. The summed E-state index contributed by atoms with van der Waals surface area (Å²) in [6.45, 7) is 1.84. The number of ether oxygens (including phenoxy) is 2. The third kappa shape index (κ3) is 4.27. The second-order valence-corrected chi connectivity index (χ2v) is 5.84. The minimum atomic E-state index is -0.0563. The van der Waals surface area contributed by atoms with Crippen LogP contribution >= 0.6 is 0 Å². The van der Waals surface area contributed by atoms with E-state index < -0.39 is 0 Å². The molecule has 0 radical (unpaired) electrons. The summed E-state index contributed by atoms with van der Waals surface area (Å²) in [6, 6.07) is 5.61. The summed E-state index contributed by atoms with van der Waals surface area (Å²) in [5, 5.41) is 7.57. The van der Waals surface area contributed by atoms with Gasteiger partial charge in [0.1, 0.15) is 17.6 Å². The molecule has 0 saturated carbocycles. The minimum Gasteiger partial charge on any atom is -0.376 e. The quantitative estimate of drug-likeness (QED) is 0.807. The molecule has 1 amide bonds. The molecule has 0 aliphatic carbocycles. The highest BCUT2D eigenvalue weighted by Gasteiger charge is 2.16. The first-order valence-corrected chi connectivity index (χ1v) is 7.87. The number of likely N-dealkylation sites (N-methyl/N-ethyl adjacent to an activating group) is 1. The van der Waals surface area contributed by atoms with Gasteiger partial charge >= 0.3 is 0 Å². The fourth-order valence-corrected chi connectivity index (χ4v) is 2.61. The van der Waals surface area contributed by atoms with Crippen LogP contribution in [0.2, 0.25) is 0 Å². The minimum absolute atomic E-state index is 0.0563. The number of hydrogen-bond donors (Lipinski definition) is 0. The van der Waals surface area contributed by atoms with Gasteiger partial charge in [-0.25, -0.2) is 4.63 Å². The number of amides is 1. The van der Waals surface area contributed by atoms with Crippen molar-refractivity contribution in [2.24, 2.45) is 0 Å². The second kappa shape index (κ2) is 7.52. The Morgan fingerprint density at radius 3 is 3.04 bits per heavy atom. The van der Waals surface area contributed by atoms with Crippen LogP contribution in [0.25, 0.3) is 11.0 Å². The van der Waals surface area contributed by atoms with Crippen LogP contribution in [0.5, 0.6) is 0 Å². The number of carbonyl (C=O) groups excluding carboxylic acids is 1. The normalized spacial score (nSPS) is 18.2. The lowest BCUT2D eigenvalue weighted by atomic mass is 10.1. The molecule has 1 fully saturated rings. The largest absolute Gasteiger partial charge is 0.376 e. The maximum absolute atomic E-state index is 12.1. The maximum atomic E-state index is 12.1. The Bertz CT molecular complexity index is 652. The molecule has 23 heavy (non-hydrogen) atoms. The molecular formula is C16H21N3O4. The highest BCUT2D eigenvalue weighted by molar-refractivity contribution is 5.77. The Balaban J connectivity index is 1.45. The van der Waals surface area contributed by atoms with E-state index in [0.717, 1.165) is 25.0 Å². The van der Waals surface area contributed by atoms with Gasteiger partial charge in [0.2, 0.25) is 5.91 Å². The Kier molecular flexibility index (Phi) is 5.19. The van der Waals surface area contributed by atoms with Gasteiger partial charge in [0, 0.05) is 20.2 Å². The van der Waals surface area contributed by atoms with Gasteiger partial charge in [-0.15, -0.1) is 0 Å². The first-order valence-electron chi connectivity index (χ1n) is 7.87. The van der Waals surface area contributed by atoms with E-state index in [4.69, 9.17) is 9.47 Å². The van der Waals surface area contributed by atoms with Crippen LogP contribution in [0.1, 0.15) is 24.8 Å². The van der Waals surface area contributed by atoms with E-state index in [2.05, 4.69) is 14.9 Å². The number of nitrogens with zero attached hydrogens (tertiary/aromatic N) is 3. The zero-order valence-electron chi connectivity index (χ0n) is 13.2. The Labute approximate surface area is 134 Å². The summed E-state index contributed by atoms with van der Waals surface area (Å²) >= 11 is 0. The van der Waals surface area contributed by atoms with Crippen LogP contribution in [0, 0.1) is 0 Å². The van der Waals surface area contributed by atoms with E-state index in [1.807, 2.05) is 18.2 Å². The van der Waals surface area contributed by atoms with Crippen molar-refractivity contribution >= 4 is 16.9 Å². The predicted molar refractivity (Wildman–Crippen MR) is 82.7 cm³/mol. The van der Waals surface area contributed by atoms with Gasteiger partial charge in [0.25, 0.3) is 0 Å². The fourth-order valence-electron chi connectivity index (χ4n) is 2.61. The van der Waals surface area contributed by atoms with E-state index in [-0.39, 0.29) is 18.6 Å². The van der Waals surface area contributed by atoms with E-state index in [1.54, 1.807) is 11.9 Å². The van der Waals surface area contributed by atoms with Gasteiger partial charge in [0.15, 0.2) is 0 Å². The third-order valence-electron chi connectivity index (χ3n) is 3.97. The number of hydrogen-bond acceptors (Lipinski definition) is 6. The summed E-state index contributed by atoms with van der Waals surface area (Å²) in [5.74, 6) is -0.0563. The molecule has 2 heterocycles. The molecule has 1 aromatic heterocycles. The molecule has 7 heteroatoms. The van der Waals surface area contributed by atoms with Crippen LogP contribution in [0.4, 0.5) is 0 Å². The van der Waals surface area contributed by atoms with Crippen LogP contribution in [-0.4, -0.2) is 54.1 Å². The Hall–Kier alpha value is -1.99. The molecule has 0 spiro atoms.